The van der Waals surface area contributed by atoms with Crippen molar-refractivity contribution in [2.24, 2.45) is 10.8 Å². The molecule has 11 heavy (non-hydrogen) atoms. The Morgan fingerprint density at radius 1 is 1.82 bits per heavy atom. The zero-order chi connectivity index (χ0) is 8.27. The Bertz CT molecular complexity index is 212. The van der Waals surface area contributed by atoms with Crippen molar-refractivity contribution in [3.63, 3.8) is 0 Å². The van der Waals surface area contributed by atoms with Crippen molar-refractivity contribution in [1.82, 2.24) is 5.01 Å². The van der Waals surface area contributed by atoms with Crippen molar-refractivity contribution in [3.05, 3.63) is 12.3 Å². The van der Waals surface area contributed by atoms with Crippen LogP contribution < -0.4 is 5.84 Å². The van der Waals surface area contributed by atoms with Crippen LogP contribution in [-0.2, 0) is 9.53 Å². The number of carbonyl (C=O) groups is 1. The number of rotatable bonds is 1. The summed E-state index contributed by atoms with van der Waals surface area (Å²) in [6.45, 7) is 0. The van der Waals surface area contributed by atoms with Gasteiger partial charge in [-0.05, 0) is 6.08 Å². The molecule has 0 radical (unpaired) electrons. The van der Waals surface area contributed by atoms with E-state index >= 15 is 0 Å². The van der Waals surface area contributed by atoms with Crippen LogP contribution in [0.2, 0.25) is 0 Å². The zero-order valence-corrected chi connectivity index (χ0v) is 6.10. The molecule has 1 aliphatic rings. The first-order valence-corrected chi connectivity index (χ1v) is 3.06. The van der Waals surface area contributed by atoms with E-state index in [4.69, 9.17) is 5.84 Å². The van der Waals surface area contributed by atoms with Crippen molar-refractivity contribution in [2.75, 3.05) is 7.11 Å². The first-order chi connectivity index (χ1) is 5.25. The number of carbonyl (C=O) groups excluding carboxylic acids is 1. The first-order valence-electron chi connectivity index (χ1n) is 3.06. The van der Waals surface area contributed by atoms with Crippen molar-refractivity contribution < 1.29 is 9.53 Å². The summed E-state index contributed by atoms with van der Waals surface area (Å²) in [5.74, 6) is 4.92. The van der Waals surface area contributed by atoms with Crippen LogP contribution in [0.4, 0.5) is 0 Å². The second kappa shape index (κ2) is 3.16. The molecule has 1 rings (SSSR count). The van der Waals surface area contributed by atoms with Crippen molar-refractivity contribution >= 4 is 12.2 Å². The Hall–Kier alpha value is -1.36. The number of hydrogen-bond acceptors (Lipinski definition) is 5. The van der Waals surface area contributed by atoms with Gasteiger partial charge in [0, 0.05) is 12.4 Å². The molecule has 1 heterocycles. The zero-order valence-electron chi connectivity index (χ0n) is 6.10. The van der Waals surface area contributed by atoms with Gasteiger partial charge >= 0.3 is 5.97 Å². The van der Waals surface area contributed by atoms with Gasteiger partial charge in [0.05, 0.1) is 7.11 Å². The van der Waals surface area contributed by atoms with Gasteiger partial charge in [-0.3, -0.25) is 10.0 Å². The highest BCUT2D eigenvalue weighted by Gasteiger charge is 2.21. The molecule has 60 valence electrons. The first kappa shape index (κ1) is 7.74. The molecular formula is C6H9N3O2. The molecule has 0 aromatic carbocycles. The number of hydrogen-bond donors (Lipinski definition) is 1. The lowest BCUT2D eigenvalue weighted by molar-refractivity contribution is -0.145. The van der Waals surface area contributed by atoms with Crippen LogP contribution in [0.25, 0.3) is 0 Å². The molecule has 5 nitrogen and oxygen atoms in total. The number of allylic oxidation sites excluding steroid dienone is 1. The molecule has 0 bridgehead atoms. The lowest BCUT2D eigenvalue weighted by atomic mass is 10.4. The van der Waals surface area contributed by atoms with Gasteiger partial charge in [-0.1, -0.05) is 0 Å². The number of methoxy groups -OCH3 is 1. The normalized spacial score (nSPS) is 22.0. The summed E-state index contributed by atoms with van der Waals surface area (Å²) in [4.78, 5) is 14.7. The third kappa shape index (κ3) is 1.56. The summed E-state index contributed by atoms with van der Waals surface area (Å²) >= 11 is 0. The van der Waals surface area contributed by atoms with Gasteiger partial charge in [-0.25, -0.2) is 10.6 Å². The summed E-state index contributed by atoms with van der Waals surface area (Å²) in [5.41, 5.74) is 0. The molecule has 2 N–H and O–H groups in total. The second-order valence-electron chi connectivity index (χ2n) is 1.98. The number of nitrogens with zero attached hydrogens (tertiary/aromatic N) is 2. The maximum absolute atomic E-state index is 10.9. The minimum atomic E-state index is -0.731. The van der Waals surface area contributed by atoms with Gasteiger partial charge in [0.1, 0.15) is 0 Å². The molecule has 0 aromatic rings. The molecule has 0 aliphatic carbocycles. The average Bonchev–Trinajstić information content (AvgIpc) is 2.04. The van der Waals surface area contributed by atoms with Crippen LogP contribution in [0.1, 0.15) is 0 Å². The maximum atomic E-state index is 10.9. The summed E-state index contributed by atoms with van der Waals surface area (Å²) in [6.07, 6.45) is 3.96. The molecule has 0 saturated carbocycles. The molecular weight excluding hydrogens is 146 g/mol. The Morgan fingerprint density at radius 2 is 2.55 bits per heavy atom. The molecule has 0 saturated heterocycles. The largest absolute Gasteiger partial charge is 0.466 e. The van der Waals surface area contributed by atoms with Crippen molar-refractivity contribution in [1.29, 1.82) is 0 Å². The summed E-state index contributed by atoms with van der Waals surface area (Å²) in [7, 11) is 1.30. The topological polar surface area (TPSA) is 67.9 Å². The highest BCUT2D eigenvalue weighted by atomic mass is 16.5. The summed E-state index contributed by atoms with van der Waals surface area (Å²) < 4.78 is 4.45. The van der Waals surface area contributed by atoms with Gasteiger partial charge in [-0.15, -0.1) is 0 Å². The lowest BCUT2D eigenvalue weighted by Crippen LogP contribution is -2.42. The molecule has 0 spiro atoms. The minimum Gasteiger partial charge on any atom is -0.466 e. The maximum Gasteiger partial charge on any atom is 0.352 e. The monoisotopic (exact) mass is 155 g/mol. The number of esters is 1. The predicted molar refractivity (Wildman–Crippen MR) is 39.5 cm³/mol. The van der Waals surface area contributed by atoms with E-state index in [0.717, 1.165) is 0 Å². The van der Waals surface area contributed by atoms with Crippen LogP contribution in [0, 0.1) is 0 Å². The SMILES string of the molecule is COC(=O)C1N=CC=CN1N. The van der Waals surface area contributed by atoms with E-state index in [0.29, 0.717) is 0 Å². The molecule has 0 aromatic heterocycles. The highest BCUT2D eigenvalue weighted by Crippen LogP contribution is 2.01. The number of nitrogens with two attached hydrogens (primary N) is 1. The smallest absolute Gasteiger partial charge is 0.352 e. The fourth-order valence-electron chi connectivity index (χ4n) is 0.716. The molecule has 1 unspecified atom stereocenters. The molecule has 0 amide bonds. The van der Waals surface area contributed by atoms with E-state index in [1.807, 2.05) is 0 Å². The second-order valence-corrected chi connectivity index (χ2v) is 1.98. The van der Waals surface area contributed by atoms with Gasteiger partial charge in [0.2, 0.25) is 6.17 Å². The molecule has 0 fully saturated rings. The van der Waals surface area contributed by atoms with Crippen molar-refractivity contribution in [3.8, 4) is 0 Å². The van der Waals surface area contributed by atoms with E-state index in [2.05, 4.69) is 9.73 Å². The summed E-state index contributed by atoms with van der Waals surface area (Å²) in [5, 5.41) is 1.19. The van der Waals surface area contributed by atoms with Gasteiger partial charge in [0.15, 0.2) is 0 Å². The Labute approximate surface area is 64.1 Å². The number of aliphatic imine (C=N–C) groups is 1. The minimum absolute atomic E-state index is 0.465. The van der Waals surface area contributed by atoms with Gasteiger partial charge in [0.25, 0.3) is 0 Å². The molecule has 1 atom stereocenters. The van der Waals surface area contributed by atoms with E-state index in [1.165, 1.54) is 18.3 Å². The number of ether oxygens (including phenoxy) is 1. The van der Waals surface area contributed by atoms with E-state index in [9.17, 15) is 4.79 Å². The molecule has 5 heteroatoms. The van der Waals surface area contributed by atoms with Crippen LogP contribution >= 0.6 is 0 Å². The third-order valence-electron chi connectivity index (χ3n) is 1.27. The summed E-state index contributed by atoms with van der Waals surface area (Å²) in [6, 6.07) is 0. The fraction of sp³-hybridized carbons (Fsp3) is 0.333. The quantitative estimate of drug-likeness (QED) is 0.400. The van der Waals surface area contributed by atoms with Crippen molar-refractivity contribution in [2.45, 2.75) is 6.17 Å². The van der Waals surface area contributed by atoms with Crippen LogP contribution in [0.3, 0.4) is 0 Å². The Kier molecular flexibility index (Phi) is 2.22. The van der Waals surface area contributed by atoms with Crippen LogP contribution in [0.15, 0.2) is 17.3 Å². The third-order valence-corrected chi connectivity index (χ3v) is 1.27. The Morgan fingerprint density at radius 3 is 3.09 bits per heavy atom. The van der Waals surface area contributed by atoms with Gasteiger partial charge < -0.3 is 4.74 Å². The Balaban J connectivity index is 2.65. The van der Waals surface area contributed by atoms with E-state index in [-0.39, 0.29) is 0 Å². The van der Waals surface area contributed by atoms with E-state index < -0.39 is 12.1 Å². The van der Waals surface area contributed by atoms with Crippen LogP contribution in [0.5, 0.6) is 0 Å². The predicted octanol–water partition coefficient (Wildman–Crippen LogP) is -0.741. The lowest BCUT2D eigenvalue weighted by Gasteiger charge is -2.21. The molecule has 1 aliphatic heterocycles. The number of hydrazine groups is 1. The van der Waals surface area contributed by atoms with Crippen LogP contribution in [-0.4, -0.2) is 30.5 Å². The van der Waals surface area contributed by atoms with Gasteiger partial charge in [-0.2, -0.15) is 0 Å². The average molecular weight is 155 g/mol. The fourth-order valence-corrected chi connectivity index (χ4v) is 0.716. The highest BCUT2D eigenvalue weighted by molar-refractivity contribution is 5.81. The standard InChI is InChI=1S/C6H9N3O2/c1-11-6(10)5-8-3-2-4-9(5)7/h2-5H,7H2,1H3. The van der Waals surface area contributed by atoms with E-state index in [1.54, 1.807) is 12.3 Å².